The summed E-state index contributed by atoms with van der Waals surface area (Å²) in [5, 5.41) is 3.54. The van der Waals surface area contributed by atoms with Crippen LogP contribution in [0.2, 0.25) is 0 Å². The van der Waals surface area contributed by atoms with Crippen molar-refractivity contribution < 1.29 is 0 Å². The summed E-state index contributed by atoms with van der Waals surface area (Å²) >= 11 is 0. The molecule has 1 saturated heterocycles. The van der Waals surface area contributed by atoms with E-state index in [4.69, 9.17) is 0 Å². The molecule has 5 heteroatoms. The van der Waals surface area contributed by atoms with Crippen LogP contribution in [0.3, 0.4) is 0 Å². The average Bonchev–Trinajstić information content (AvgIpc) is 2.94. The molecule has 0 atom stereocenters. The SMILES string of the molecule is CN=C(NCc1cccc(N(C)C)c1)N1CCC2(CCC2)C1.I. The van der Waals surface area contributed by atoms with Crippen molar-refractivity contribution in [2.45, 2.75) is 32.2 Å². The molecule has 0 amide bonds. The van der Waals surface area contributed by atoms with Crippen LogP contribution in [-0.2, 0) is 6.54 Å². The minimum Gasteiger partial charge on any atom is -0.378 e. The first kappa shape index (κ1) is 18.4. The van der Waals surface area contributed by atoms with Gasteiger partial charge in [-0.15, -0.1) is 24.0 Å². The van der Waals surface area contributed by atoms with Gasteiger partial charge in [0.2, 0.25) is 0 Å². The quantitative estimate of drug-likeness (QED) is 0.455. The first-order valence-electron chi connectivity index (χ1n) is 8.34. The third-order valence-electron chi connectivity index (χ3n) is 5.24. The van der Waals surface area contributed by atoms with Crippen LogP contribution in [-0.4, -0.2) is 45.1 Å². The Hall–Kier alpha value is -0.980. The second-order valence-electron chi connectivity index (χ2n) is 6.99. The van der Waals surface area contributed by atoms with Gasteiger partial charge in [0.25, 0.3) is 0 Å². The standard InChI is InChI=1S/C18H28N4.HI/c1-19-17(22-11-10-18(14-22)8-5-9-18)20-13-15-6-4-7-16(12-15)21(2)3;/h4,6-7,12H,5,8-11,13-14H2,1-3H3,(H,19,20);1H. The zero-order valence-corrected chi connectivity index (χ0v) is 16.8. The molecule has 1 aromatic carbocycles. The largest absolute Gasteiger partial charge is 0.378 e. The summed E-state index contributed by atoms with van der Waals surface area (Å²) in [7, 11) is 6.05. The summed E-state index contributed by atoms with van der Waals surface area (Å²) in [6, 6.07) is 8.66. The lowest BCUT2D eigenvalue weighted by molar-refractivity contribution is 0.151. The molecule has 23 heavy (non-hydrogen) atoms. The van der Waals surface area contributed by atoms with Crippen LogP contribution >= 0.6 is 24.0 Å². The van der Waals surface area contributed by atoms with Crippen molar-refractivity contribution in [1.82, 2.24) is 10.2 Å². The molecule has 0 bridgehead atoms. The van der Waals surface area contributed by atoms with E-state index in [9.17, 15) is 0 Å². The molecule has 2 aliphatic rings. The lowest BCUT2D eigenvalue weighted by atomic mass is 9.68. The number of nitrogens with zero attached hydrogens (tertiary/aromatic N) is 3. The predicted octanol–water partition coefficient (Wildman–Crippen LogP) is 3.32. The highest BCUT2D eigenvalue weighted by atomic mass is 127. The molecule has 1 aromatic rings. The number of nitrogens with one attached hydrogen (secondary N) is 1. The van der Waals surface area contributed by atoms with Crippen LogP contribution in [0, 0.1) is 5.41 Å². The van der Waals surface area contributed by atoms with Crippen LogP contribution in [0.4, 0.5) is 5.69 Å². The first-order valence-corrected chi connectivity index (χ1v) is 8.34. The molecule has 2 fully saturated rings. The van der Waals surface area contributed by atoms with Gasteiger partial charge in [0.15, 0.2) is 5.96 Å². The Bertz CT molecular complexity index is 552. The van der Waals surface area contributed by atoms with Gasteiger partial charge in [-0.3, -0.25) is 4.99 Å². The monoisotopic (exact) mass is 428 g/mol. The molecule has 128 valence electrons. The van der Waals surface area contributed by atoms with Gasteiger partial charge in [-0.05, 0) is 42.4 Å². The number of rotatable bonds is 3. The van der Waals surface area contributed by atoms with Gasteiger partial charge in [-0.2, -0.15) is 0 Å². The van der Waals surface area contributed by atoms with Crippen molar-refractivity contribution in [3.8, 4) is 0 Å². The third-order valence-corrected chi connectivity index (χ3v) is 5.24. The van der Waals surface area contributed by atoms with Gasteiger partial charge in [-0.1, -0.05) is 18.6 Å². The van der Waals surface area contributed by atoms with E-state index in [-0.39, 0.29) is 24.0 Å². The maximum Gasteiger partial charge on any atom is 0.193 e. The molecule has 1 heterocycles. The van der Waals surface area contributed by atoms with Crippen molar-refractivity contribution in [3.63, 3.8) is 0 Å². The first-order chi connectivity index (χ1) is 10.6. The molecule has 0 radical (unpaired) electrons. The summed E-state index contributed by atoms with van der Waals surface area (Å²) in [5.41, 5.74) is 3.15. The van der Waals surface area contributed by atoms with E-state index >= 15 is 0 Å². The van der Waals surface area contributed by atoms with E-state index in [0.717, 1.165) is 19.0 Å². The number of anilines is 1. The molecule has 1 aliphatic carbocycles. The molecule has 1 spiro atoms. The summed E-state index contributed by atoms with van der Waals surface area (Å²) in [6.45, 7) is 3.17. The van der Waals surface area contributed by atoms with Gasteiger partial charge >= 0.3 is 0 Å². The van der Waals surface area contributed by atoms with E-state index in [0.29, 0.717) is 5.41 Å². The maximum atomic E-state index is 4.49. The lowest BCUT2D eigenvalue weighted by Gasteiger charge is -2.38. The summed E-state index contributed by atoms with van der Waals surface area (Å²) in [5.74, 6) is 1.05. The van der Waals surface area contributed by atoms with E-state index in [1.54, 1.807) is 0 Å². The number of aliphatic imine (C=N–C) groups is 1. The Balaban J connectivity index is 0.00000192. The number of benzene rings is 1. The van der Waals surface area contributed by atoms with Crippen molar-refractivity contribution in [2.75, 3.05) is 39.1 Å². The van der Waals surface area contributed by atoms with Gasteiger partial charge in [0, 0.05) is 46.5 Å². The normalized spacial score (nSPS) is 19.3. The third kappa shape index (κ3) is 4.11. The minimum absolute atomic E-state index is 0. The van der Waals surface area contributed by atoms with Gasteiger partial charge in [0.1, 0.15) is 0 Å². The Morgan fingerprint density at radius 1 is 1.30 bits per heavy atom. The molecule has 1 N–H and O–H groups in total. The van der Waals surface area contributed by atoms with Crippen LogP contribution in [0.1, 0.15) is 31.2 Å². The number of hydrogen-bond donors (Lipinski definition) is 1. The van der Waals surface area contributed by atoms with E-state index in [1.165, 1.54) is 43.5 Å². The van der Waals surface area contributed by atoms with Crippen LogP contribution in [0.25, 0.3) is 0 Å². The van der Waals surface area contributed by atoms with Crippen LogP contribution in [0.15, 0.2) is 29.3 Å². The molecule has 0 unspecified atom stereocenters. The number of guanidine groups is 1. The minimum atomic E-state index is 0. The van der Waals surface area contributed by atoms with Crippen molar-refractivity contribution in [3.05, 3.63) is 29.8 Å². The topological polar surface area (TPSA) is 30.9 Å². The highest BCUT2D eigenvalue weighted by Gasteiger charge is 2.43. The fourth-order valence-corrected chi connectivity index (χ4v) is 3.66. The number of likely N-dealkylation sites (tertiary alicyclic amines) is 1. The molecule has 3 rings (SSSR count). The van der Waals surface area contributed by atoms with E-state index < -0.39 is 0 Å². The lowest BCUT2D eigenvalue weighted by Crippen LogP contribution is -2.42. The zero-order valence-electron chi connectivity index (χ0n) is 14.5. The van der Waals surface area contributed by atoms with Gasteiger partial charge in [-0.25, -0.2) is 0 Å². The van der Waals surface area contributed by atoms with E-state index in [1.807, 2.05) is 7.05 Å². The second kappa shape index (κ2) is 7.73. The van der Waals surface area contributed by atoms with Crippen LogP contribution < -0.4 is 10.2 Å². The number of hydrogen-bond acceptors (Lipinski definition) is 2. The van der Waals surface area contributed by atoms with Crippen LogP contribution in [0.5, 0.6) is 0 Å². The highest BCUT2D eigenvalue weighted by molar-refractivity contribution is 14.0. The molecule has 4 nitrogen and oxygen atoms in total. The Morgan fingerprint density at radius 2 is 2.09 bits per heavy atom. The Labute approximate surface area is 157 Å². The Morgan fingerprint density at radius 3 is 2.65 bits per heavy atom. The molecule has 1 saturated carbocycles. The number of halogens is 1. The fraction of sp³-hybridized carbons (Fsp3) is 0.611. The highest BCUT2D eigenvalue weighted by Crippen LogP contribution is 2.47. The van der Waals surface area contributed by atoms with Crippen molar-refractivity contribution in [2.24, 2.45) is 10.4 Å². The zero-order chi connectivity index (χ0) is 15.6. The van der Waals surface area contributed by atoms with Gasteiger partial charge < -0.3 is 15.1 Å². The Kier molecular flexibility index (Phi) is 6.17. The average molecular weight is 428 g/mol. The fourth-order valence-electron chi connectivity index (χ4n) is 3.66. The van der Waals surface area contributed by atoms with Crippen molar-refractivity contribution in [1.29, 1.82) is 0 Å². The molecular formula is C18H29IN4. The van der Waals surface area contributed by atoms with E-state index in [2.05, 4.69) is 58.5 Å². The summed E-state index contributed by atoms with van der Waals surface area (Å²) in [6.07, 6.45) is 5.57. The summed E-state index contributed by atoms with van der Waals surface area (Å²) in [4.78, 5) is 9.07. The smallest absolute Gasteiger partial charge is 0.193 e. The summed E-state index contributed by atoms with van der Waals surface area (Å²) < 4.78 is 0. The predicted molar refractivity (Wildman–Crippen MR) is 109 cm³/mol. The van der Waals surface area contributed by atoms with Crippen molar-refractivity contribution >= 4 is 35.6 Å². The second-order valence-corrected chi connectivity index (χ2v) is 6.99. The van der Waals surface area contributed by atoms with Gasteiger partial charge in [0.05, 0.1) is 0 Å². The maximum absolute atomic E-state index is 4.49. The molecule has 1 aliphatic heterocycles. The molecular weight excluding hydrogens is 399 g/mol. The molecule has 0 aromatic heterocycles.